The number of aryl methyl sites for hydroxylation is 1. The molecule has 1 saturated heterocycles. The smallest absolute Gasteiger partial charge is 0.244 e. The highest BCUT2D eigenvalue weighted by Crippen LogP contribution is 2.14. The number of hydrogen-bond donors (Lipinski definition) is 1. The van der Waals surface area contributed by atoms with Crippen LogP contribution in [0.4, 0.5) is 5.82 Å². The Morgan fingerprint density at radius 3 is 3.00 bits per heavy atom. The van der Waals surface area contributed by atoms with Gasteiger partial charge in [0.1, 0.15) is 11.9 Å². The van der Waals surface area contributed by atoms with E-state index in [1.165, 1.54) is 0 Å². The highest BCUT2D eigenvalue weighted by Gasteiger charge is 2.28. The summed E-state index contributed by atoms with van der Waals surface area (Å²) in [7, 11) is 1.83. The molecular weight excluding hydrogens is 190 g/mol. The number of nitrogens with one attached hydrogen (secondary N) is 1. The lowest BCUT2D eigenvalue weighted by Crippen LogP contribution is -2.31. The minimum absolute atomic E-state index is 0.107. The fourth-order valence-electron chi connectivity index (χ4n) is 1.75. The summed E-state index contributed by atoms with van der Waals surface area (Å²) in [4.78, 5) is 17.6. The number of amides is 1. The van der Waals surface area contributed by atoms with Crippen molar-refractivity contribution in [3.05, 3.63) is 23.9 Å². The second-order valence-electron chi connectivity index (χ2n) is 3.96. The van der Waals surface area contributed by atoms with Crippen LogP contribution >= 0.6 is 0 Å². The third-order valence-electron chi connectivity index (χ3n) is 2.67. The number of hydrogen-bond acceptors (Lipinski definition) is 3. The highest BCUT2D eigenvalue weighted by molar-refractivity contribution is 5.86. The molecule has 0 radical (unpaired) electrons. The third kappa shape index (κ3) is 2.09. The molecule has 2 heterocycles. The molecule has 1 fully saturated rings. The van der Waals surface area contributed by atoms with Gasteiger partial charge in [-0.25, -0.2) is 4.98 Å². The molecule has 4 heteroatoms. The third-order valence-corrected chi connectivity index (χ3v) is 2.67. The van der Waals surface area contributed by atoms with E-state index in [4.69, 9.17) is 0 Å². The van der Waals surface area contributed by atoms with E-state index < -0.39 is 0 Å². The van der Waals surface area contributed by atoms with Crippen LogP contribution < -0.4 is 5.32 Å². The first-order valence-corrected chi connectivity index (χ1v) is 5.11. The van der Waals surface area contributed by atoms with Crippen LogP contribution in [0.1, 0.15) is 12.0 Å². The Labute approximate surface area is 89.3 Å². The van der Waals surface area contributed by atoms with E-state index >= 15 is 0 Å². The summed E-state index contributed by atoms with van der Waals surface area (Å²) >= 11 is 0. The molecule has 0 aliphatic carbocycles. The Balaban J connectivity index is 2.06. The van der Waals surface area contributed by atoms with Gasteiger partial charge in [0.15, 0.2) is 0 Å². The van der Waals surface area contributed by atoms with Gasteiger partial charge in [-0.15, -0.1) is 0 Å². The number of pyridine rings is 1. The van der Waals surface area contributed by atoms with Gasteiger partial charge in [0, 0.05) is 19.8 Å². The van der Waals surface area contributed by atoms with Crippen molar-refractivity contribution in [2.75, 3.05) is 18.9 Å². The van der Waals surface area contributed by atoms with Crippen molar-refractivity contribution in [1.82, 2.24) is 9.88 Å². The highest BCUT2D eigenvalue weighted by atomic mass is 16.2. The second-order valence-corrected chi connectivity index (χ2v) is 3.96. The molecule has 80 valence electrons. The standard InChI is InChI=1S/C11H15N3O/c1-8-3-5-12-10(7-8)13-9-4-6-14(2)11(9)15/h3,5,7,9H,4,6H2,1-2H3,(H,12,13). The molecule has 1 aliphatic heterocycles. The molecule has 2 rings (SSSR count). The van der Waals surface area contributed by atoms with Crippen molar-refractivity contribution in [2.45, 2.75) is 19.4 Å². The average molecular weight is 205 g/mol. The number of aromatic nitrogens is 1. The Hall–Kier alpha value is -1.58. The molecule has 1 aromatic rings. The van der Waals surface area contributed by atoms with Crippen molar-refractivity contribution in [3.63, 3.8) is 0 Å². The monoisotopic (exact) mass is 205 g/mol. The number of likely N-dealkylation sites (tertiary alicyclic amines) is 1. The Morgan fingerprint density at radius 2 is 2.40 bits per heavy atom. The predicted molar refractivity (Wildman–Crippen MR) is 58.6 cm³/mol. The summed E-state index contributed by atoms with van der Waals surface area (Å²) in [5.41, 5.74) is 1.14. The Morgan fingerprint density at radius 1 is 1.60 bits per heavy atom. The van der Waals surface area contributed by atoms with E-state index in [-0.39, 0.29) is 11.9 Å². The van der Waals surface area contributed by atoms with Gasteiger partial charge >= 0.3 is 0 Å². The van der Waals surface area contributed by atoms with Crippen LogP contribution in [-0.2, 0) is 4.79 Å². The van der Waals surface area contributed by atoms with Crippen LogP contribution in [-0.4, -0.2) is 35.4 Å². The lowest BCUT2D eigenvalue weighted by molar-refractivity contribution is -0.127. The fourth-order valence-corrected chi connectivity index (χ4v) is 1.75. The van der Waals surface area contributed by atoms with Crippen LogP contribution in [0.25, 0.3) is 0 Å². The molecule has 15 heavy (non-hydrogen) atoms. The molecule has 1 N–H and O–H groups in total. The maximum atomic E-state index is 11.6. The van der Waals surface area contributed by atoms with E-state index in [2.05, 4.69) is 10.3 Å². The minimum atomic E-state index is -0.107. The van der Waals surface area contributed by atoms with Gasteiger partial charge < -0.3 is 10.2 Å². The van der Waals surface area contributed by atoms with Crippen molar-refractivity contribution >= 4 is 11.7 Å². The summed E-state index contributed by atoms with van der Waals surface area (Å²) in [5, 5.41) is 3.16. The fraction of sp³-hybridized carbons (Fsp3) is 0.455. The Kier molecular flexibility index (Phi) is 2.58. The van der Waals surface area contributed by atoms with Crippen LogP contribution in [0.3, 0.4) is 0 Å². The van der Waals surface area contributed by atoms with Gasteiger partial charge in [-0.2, -0.15) is 0 Å². The van der Waals surface area contributed by atoms with E-state index in [0.29, 0.717) is 0 Å². The number of carbonyl (C=O) groups is 1. The first kappa shape index (κ1) is 9.96. The van der Waals surface area contributed by atoms with Crippen molar-refractivity contribution in [1.29, 1.82) is 0 Å². The molecular formula is C11H15N3O. The molecule has 1 atom stereocenters. The second kappa shape index (κ2) is 3.88. The van der Waals surface area contributed by atoms with E-state index in [1.54, 1.807) is 11.1 Å². The zero-order valence-corrected chi connectivity index (χ0v) is 9.03. The summed E-state index contributed by atoms with van der Waals surface area (Å²) in [6.45, 7) is 2.83. The predicted octanol–water partition coefficient (Wildman–Crippen LogP) is 1.03. The van der Waals surface area contributed by atoms with Gasteiger partial charge in [0.05, 0.1) is 0 Å². The number of nitrogens with zero attached hydrogens (tertiary/aromatic N) is 2. The zero-order valence-electron chi connectivity index (χ0n) is 9.03. The molecule has 0 aromatic carbocycles. The molecule has 1 unspecified atom stereocenters. The van der Waals surface area contributed by atoms with E-state index in [0.717, 1.165) is 24.3 Å². The van der Waals surface area contributed by atoms with Crippen LogP contribution in [0, 0.1) is 6.92 Å². The lowest BCUT2D eigenvalue weighted by Gasteiger charge is -2.12. The zero-order chi connectivity index (χ0) is 10.8. The average Bonchev–Trinajstić information content (AvgIpc) is 2.50. The van der Waals surface area contributed by atoms with Gasteiger partial charge in [0.2, 0.25) is 5.91 Å². The summed E-state index contributed by atoms with van der Waals surface area (Å²) in [6, 6.07) is 3.78. The molecule has 4 nitrogen and oxygen atoms in total. The van der Waals surface area contributed by atoms with Gasteiger partial charge in [-0.3, -0.25) is 4.79 Å². The quantitative estimate of drug-likeness (QED) is 0.784. The van der Waals surface area contributed by atoms with E-state index in [9.17, 15) is 4.79 Å². The van der Waals surface area contributed by atoms with Crippen molar-refractivity contribution < 1.29 is 4.79 Å². The molecule has 0 bridgehead atoms. The SMILES string of the molecule is Cc1ccnc(NC2CCN(C)C2=O)c1. The maximum absolute atomic E-state index is 11.6. The maximum Gasteiger partial charge on any atom is 0.244 e. The minimum Gasteiger partial charge on any atom is -0.358 e. The molecule has 1 amide bonds. The number of carbonyl (C=O) groups excluding carboxylic acids is 1. The Bertz CT molecular complexity index is 378. The normalized spacial score (nSPS) is 20.8. The van der Waals surface area contributed by atoms with Gasteiger partial charge in [-0.1, -0.05) is 0 Å². The molecule has 0 spiro atoms. The largest absolute Gasteiger partial charge is 0.358 e. The number of likely N-dealkylation sites (N-methyl/N-ethyl adjacent to an activating group) is 1. The van der Waals surface area contributed by atoms with Crippen molar-refractivity contribution in [2.24, 2.45) is 0 Å². The van der Waals surface area contributed by atoms with Gasteiger partial charge in [-0.05, 0) is 31.0 Å². The van der Waals surface area contributed by atoms with Crippen LogP contribution in [0.15, 0.2) is 18.3 Å². The summed E-state index contributed by atoms with van der Waals surface area (Å²) in [6.07, 6.45) is 2.60. The molecule has 1 aliphatic rings. The summed E-state index contributed by atoms with van der Waals surface area (Å²) < 4.78 is 0. The van der Waals surface area contributed by atoms with E-state index in [1.807, 2.05) is 26.1 Å². The molecule has 0 saturated carbocycles. The first-order chi connectivity index (χ1) is 7.16. The topological polar surface area (TPSA) is 45.2 Å². The first-order valence-electron chi connectivity index (χ1n) is 5.11. The van der Waals surface area contributed by atoms with Crippen molar-refractivity contribution in [3.8, 4) is 0 Å². The van der Waals surface area contributed by atoms with Crippen LogP contribution in [0.2, 0.25) is 0 Å². The molecule has 1 aromatic heterocycles. The van der Waals surface area contributed by atoms with Crippen LogP contribution in [0.5, 0.6) is 0 Å². The lowest BCUT2D eigenvalue weighted by atomic mass is 10.2. The van der Waals surface area contributed by atoms with Gasteiger partial charge in [0.25, 0.3) is 0 Å². The summed E-state index contributed by atoms with van der Waals surface area (Å²) in [5.74, 6) is 0.932. The number of anilines is 1. The number of rotatable bonds is 2.